The first-order chi connectivity index (χ1) is 16.6. The molecule has 4 unspecified atom stereocenters. The Bertz CT molecular complexity index is 994. The summed E-state index contributed by atoms with van der Waals surface area (Å²) >= 11 is 0. The number of benzene rings is 1. The number of phenols is 1. The van der Waals surface area contributed by atoms with Crippen molar-refractivity contribution in [3.63, 3.8) is 0 Å². The number of nitrogens with two attached hydrogens (primary N) is 1. The van der Waals surface area contributed by atoms with Gasteiger partial charge in [-0.3, -0.25) is 19.2 Å². The van der Waals surface area contributed by atoms with E-state index in [1.54, 1.807) is 19.1 Å². The normalized spacial score (nSPS) is 14.3. The molecule has 3 amide bonds. The number of aliphatic carboxylic acids is 1. The van der Waals surface area contributed by atoms with Crippen LogP contribution in [0.25, 0.3) is 0 Å². The average molecular weight is 489 g/mol. The summed E-state index contributed by atoms with van der Waals surface area (Å²) in [5.74, 6) is -3.24. The monoisotopic (exact) mass is 488 g/mol. The van der Waals surface area contributed by atoms with Crippen molar-refractivity contribution < 1.29 is 29.4 Å². The second-order valence-corrected chi connectivity index (χ2v) is 8.30. The van der Waals surface area contributed by atoms with Crippen LogP contribution in [0.2, 0.25) is 0 Å². The van der Waals surface area contributed by atoms with Crippen LogP contribution in [-0.4, -0.2) is 68.5 Å². The minimum Gasteiger partial charge on any atom is -0.508 e. The number of rotatable bonds is 13. The lowest BCUT2D eigenvalue weighted by Crippen LogP contribution is -2.58. The average Bonchev–Trinajstić information content (AvgIpc) is 3.34. The van der Waals surface area contributed by atoms with E-state index in [4.69, 9.17) is 10.8 Å². The van der Waals surface area contributed by atoms with E-state index >= 15 is 0 Å². The largest absolute Gasteiger partial charge is 0.508 e. The zero-order chi connectivity index (χ0) is 26.0. The van der Waals surface area contributed by atoms with Gasteiger partial charge in [0.25, 0.3) is 0 Å². The topological polar surface area (TPSA) is 200 Å². The van der Waals surface area contributed by atoms with Gasteiger partial charge in [0.05, 0.1) is 12.4 Å². The molecular weight excluding hydrogens is 456 g/mol. The Morgan fingerprint density at radius 1 is 1.06 bits per heavy atom. The first kappa shape index (κ1) is 27.3. The van der Waals surface area contributed by atoms with Crippen LogP contribution in [0.1, 0.15) is 31.5 Å². The van der Waals surface area contributed by atoms with E-state index in [9.17, 15) is 24.3 Å². The maximum absolute atomic E-state index is 13.2. The van der Waals surface area contributed by atoms with Crippen molar-refractivity contribution in [1.82, 2.24) is 25.9 Å². The van der Waals surface area contributed by atoms with Crippen molar-refractivity contribution >= 4 is 23.7 Å². The number of aromatic amines is 1. The van der Waals surface area contributed by atoms with E-state index in [0.29, 0.717) is 12.1 Å². The molecule has 0 aliphatic carbocycles. The molecule has 0 aliphatic heterocycles. The van der Waals surface area contributed by atoms with Gasteiger partial charge in [0.15, 0.2) is 0 Å². The number of nitrogens with zero attached hydrogens (tertiary/aromatic N) is 1. The standard InChI is InChI=1S/C23H32N6O6/c1-3-13(2)20(29-21(33)17(24)8-14-4-6-16(30)7-5-14)23(35)28-18(9-15-10-25-12-27-15)22(34)26-11-19(31)32/h4-7,10,12-13,17-18,20,30H,3,8-9,11,24H2,1-2H3,(H,25,27)(H,26,34)(H,28,35)(H,29,33)(H,31,32). The number of amides is 3. The van der Waals surface area contributed by atoms with Gasteiger partial charge in [-0.1, -0.05) is 32.4 Å². The third-order valence-electron chi connectivity index (χ3n) is 5.55. The van der Waals surface area contributed by atoms with E-state index in [0.717, 1.165) is 5.56 Å². The second kappa shape index (κ2) is 13.1. The van der Waals surface area contributed by atoms with E-state index in [-0.39, 0.29) is 24.5 Å². The molecular formula is C23H32N6O6. The molecule has 1 aromatic carbocycles. The number of hydrogen-bond donors (Lipinski definition) is 7. The Kier molecular flexibility index (Phi) is 10.2. The molecule has 1 heterocycles. The van der Waals surface area contributed by atoms with Crippen LogP contribution >= 0.6 is 0 Å². The van der Waals surface area contributed by atoms with Crippen LogP contribution in [0.3, 0.4) is 0 Å². The Balaban J connectivity index is 2.11. The molecule has 0 bridgehead atoms. The van der Waals surface area contributed by atoms with Gasteiger partial charge in [-0.2, -0.15) is 0 Å². The number of phenolic OH excluding ortho intramolecular Hbond substituents is 1. The number of carbonyl (C=O) groups excluding carboxylic acids is 3. The van der Waals surface area contributed by atoms with Crippen LogP contribution < -0.4 is 21.7 Å². The molecule has 0 aliphatic rings. The van der Waals surface area contributed by atoms with Crippen molar-refractivity contribution in [1.29, 1.82) is 0 Å². The number of aromatic nitrogens is 2. The molecule has 12 nitrogen and oxygen atoms in total. The third kappa shape index (κ3) is 8.74. The molecule has 2 rings (SSSR count). The summed E-state index contributed by atoms with van der Waals surface area (Å²) in [6.45, 7) is 3.03. The Labute approximate surface area is 202 Å². The first-order valence-electron chi connectivity index (χ1n) is 11.2. The molecule has 0 spiro atoms. The van der Waals surface area contributed by atoms with Crippen molar-refractivity contribution in [2.45, 2.75) is 51.2 Å². The van der Waals surface area contributed by atoms with Gasteiger partial charge in [-0.05, 0) is 30.0 Å². The highest BCUT2D eigenvalue weighted by Crippen LogP contribution is 2.13. The molecule has 0 saturated carbocycles. The summed E-state index contributed by atoms with van der Waals surface area (Å²) in [6.07, 6.45) is 3.70. The third-order valence-corrected chi connectivity index (χ3v) is 5.55. The van der Waals surface area contributed by atoms with Gasteiger partial charge >= 0.3 is 5.97 Å². The zero-order valence-corrected chi connectivity index (χ0v) is 19.7. The summed E-state index contributed by atoms with van der Waals surface area (Å²) in [7, 11) is 0. The maximum Gasteiger partial charge on any atom is 0.322 e. The summed E-state index contributed by atoms with van der Waals surface area (Å²) < 4.78 is 0. The Morgan fingerprint density at radius 2 is 1.74 bits per heavy atom. The van der Waals surface area contributed by atoms with Gasteiger partial charge in [0, 0.05) is 18.3 Å². The fourth-order valence-electron chi connectivity index (χ4n) is 3.31. The summed E-state index contributed by atoms with van der Waals surface area (Å²) in [6, 6.07) is 3.26. The fourth-order valence-corrected chi connectivity index (χ4v) is 3.31. The smallest absolute Gasteiger partial charge is 0.322 e. The van der Waals surface area contributed by atoms with Crippen molar-refractivity contribution in [2.75, 3.05) is 6.54 Å². The van der Waals surface area contributed by atoms with Gasteiger partial charge in [-0.15, -0.1) is 0 Å². The Hall–Kier alpha value is -3.93. The number of carboxylic acid groups (broad SMARTS) is 1. The molecule has 2 aromatic rings. The highest BCUT2D eigenvalue weighted by Gasteiger charge is 2.31. The maximum atomic E-state index is 13.2. The highest BCUT2D eigenvalue weighted by molar-refractivity contribution is 5.94. The molecule has 4 atom stereocenters. The number of H-pyrrole nitrogens is 1. The van der Waals surface area contributed by atoms with Crippen molar-refractivity contribution in [3.05, 3.63) is 48.0 Å². The number of nitrogens with one attached hydrogen (secondary N) is 4. The summed E-state index contributed by atoms with van der Waals surface area (Å²) in [5, 5.41) is 25.8. The van der Waals surface area contributed by atoms with E-state index in [1.807, 2.05) is 6.92 Å². The number of aromatic hydroxyl groups is 1. The minimum absolute atomic E-state index is 0.0404. The van der Waals surface area contributed by atoms with Crippen molar-refractivity contribution in [2.24, 2.45) is 11.7 Å². The predicted octanol–water partition coefficient (Wildman–Crippen LogP) is -0.556. The number of hydrogen-bond acceptors (Lipinski definition) is 7. The molecule has 12 heteroatoms. The van der Waals surface area contributed by atoms with Gasteiger partial charge in [0.1, 0.15) is 24.4 Å². The van der Waals surface area contributed by atoms with Gasteiger partial charge < -0.3 is 36.9 Å². The molecule has 35 heavy (non-hydrogen) atoms. The van der Waals surface area contributed by atoms with Crippen LogP contribution in [0, 0.1) is 5.92 Å². The number of imidazole rings is 1. The highest BCUT2D eigenvalue weighted by atomic mass is 16.4. The quantitative estimate of drug-likeness (QED) is 0.194. The Morgan fingerprint density at radius 3 is 2.31 bits per heavy atom. The lowest BCUT2D eigenvalue weighted by molar-refractivity contribution is -0.138. The number of carboxylic acids is 1. The lowest BCUT2D eigenvalue weighted by atomic mass is 9.96. The van der Waals surface area contributed by atoms with E-state index < -0.39 is 48.4 Å². The second-order valence-electron chi connectivity index (χ2n) is 8.30. The number of carbonyl (C=O) groups is 4. The lowest BCUT2D eigenvalue weighted by Gasteiger charge is -2.27. The first-order valence-corrected chi connectivity index (χ1v) is 11.2. The fraction of sp³-hybridized carbons (Fsp3) is 0.435. The van der Waals surface area contributed by atoms with E-state index in [2.05, 4.69) is 25.9 Å². The van der Waals surface area contributed by atoms with E-state index in [1.165, 1.54) is 24.7 Å². The minimum atomic E-state index is -1.22. The molecule has 0 fully saturated rings. The zero-order valence-electron chi connectivity index (χ0n) is 19.7. The molecule has 8 N–H and O–H groups in total. The molecule has 0 radical (unpaired) electrons. The summed E-state index contributed by atoms with van der Waals surface area (Å²) in [4.78, 5) is 56.1. The summed E-state index contributed by atoms with van der Waals surface area (Å²) in [5.41, 5.74) is 7.34. The molecule has 1 aromatic heterocycles. The van der Waals surface area contributed by atoms with Crippen LogP contribution in [0.15, 0.2) is 36.8 Å². The van der Waals surface area contributed by atoms with Crippen LogP contribution in [-0.2, 0) is 32.0 Å². The molecule has 0 saturated heterocycles. The molecule has 190 valence electrons. The van der Waals surface area contributed by atoms with Gasteiger partial charge in [-0.25, -0.2) is 4.98 Å². The SMILES string of the molecule is CCC(C)C(NC(=O)C(N)Cc1ccc(O)cc1)C(=O)NC(Cc1cnc[nH]1)C(=O)NCC(=O)O. The van der Waals surface area contributed by atoms with Crippen molar-refractivity contribution in [3.8, 4) is 5.75 Å². The van der Waals surface area contributed by atoms with Crippen LogP contribution in [0.4, 0.5) is 0 Å². The van der Waals surface area contributed by atoms with Gasteiger partial charge in [0.2, 0.25) is 17.7 Å². The van der Waals surface area contributed by atoms with Crippen LogP contribution in [0.5, 0.6) is 5.75 Å². The predicted molar refractivity (Wildman–Crippen MR) is 126 cm³/mol.